The van der Waals surface area contributed by atoms with E-state index in [1.54, 1.807) is 0 Å². The maximum absolute atomic E-state index is 13.6. The van der Waals surface area contributed by atoms with Gasteiger partial charge in [0.25, 0.3) is 0 Å². The van der Waals surface area contributed by atoms with E-state index >= 15 is 0 Å². The van der Waals surface area contributed by atoms with E-state index in [0.29, 0.717) is 6.07 Å². The van der Waals surface area contributed by atoms with E-state index in [4.69, 9.17) is 5.73 Å². The van der Waals surface area contributed by atoms with Gasteiger partial charge in [-0.25, -0.2) is 23.1 Å². The number of nitrogens with two attached hydrogens (primary N) is 1. The van der Waals surface area contributed by atoms with E-state index in [0.717, 1.165) is 17.0 Å². The molecule has 7 heteroatoms. The highest BCUT2D eigenvalue weighted by Crippen LogP contribution is 2.17. The highest BCUT2D eigenvalue weighted by Gasteiger charge is 2.12. The number of benzene rings is 1. The van der Waals surface area contributed by atoms with Gasteiger partial charge in [0.05, 0.1) is 5.69 Å². The second-order valence-electron chi connectivity index (χ2n) is 3.42. The Morgan fingerprint density at radius 3 is 2.65 bits per heavy atom. The molecule has 88 valence electrons. The first-order valence-corrected chi connectivity index (χ1v) is 4.66. The number of hydrogen-bond acceptors (Lipinski definition) is 4. The number of hydrogen-bond donors (Lipinski definition) is 1. The van der Waals surface area contributed by atoms with Crippen molar-refractivity contribution in [1.29, 1.82) is 0 Å². The first kappa shape index (κ1) is 11.2. The molecule has 5 nitrogen and oxygen atoms in total. The second-order valence-corrected chi connectivity index (χ2v) is 3.42. The van der Waals surface area contributed by atoms with Crippen molar-refractivity contribution in [2.45, 2.75) is 6.92 Å². The Bertz CT molecular complexity index is 615. The molecule has 0 aliphatic heterocycles. The number of anilines is 1. The summed E-state index contributed by atoms with van der Waals surface area (Å²) >= 11 is 0. The zero-order valence-corrected chi connectivity index (χ0v) is 8.82. The first-order chi connectivity index (χ1) is 7.99. The van der Waals surface area contributed by atoms with Crippen molar-refractivity contribution in [3.05, 3.63) is 46.1 Å². The van der Waals surface area contributed by atoms with Gasteiger partial charge < -0.3 is 5.73 Å². The molecule has 0 atom stereocenters. The molecule has 0 bridgehead atoms. The fourth-order valence-electron chi connectivity index (χ4n) is 1.50. The largest absolute Gasteiger partial charge is 0.368 e. The predicted molar refractivity (Wildman–Crippen MR) is 56.7 cm³/mol. The van der Waals surface area contributed by atoms with E-state index < -0.39 is 17.3 Å². The average Bonchev–Trinajstić information content (AvgIpc) is 2.19. The van der Waals surface area contributed by atoms with Crippen LogP contribution in [0.3, 0.4) is 0 Å². The van der Waals surface area contributed by atoms with E-state index in [2.05, 4.69) is 9.97 Å². The Hall–Kier alpha value is -2.31. The van der Waals surface area contributed by atoms with Gasteiger partial charge in [-0.2, -0.15) is 4.98 Å². The maximum atomic E-state index is 13.6. The molecule has 0 radical (unpaired) electrons. The third kappa shape index (κ3) is 1.99. The lowest BCUT2D eigenvalue weighted by Gasteiger charge is -2.09. The van der Waals surface area contributed by atoms with E-state index in [9.17, 15) is 13.6 Å². The number of rotatable bonds is 1. The number of aryl methyl sites for hydroxylation is 1. The van der Waals surface area contributed by atoms with Crippen LogP contribution in [0.2, 0.25) is 0 Å². The van der Waals surface area contributed by atoms with E-state index in [-0.39, 0.29) is 17.2 Å². The predicted octanol–water partition coefficient (Wildman–Crippen LogP) is 0.796. The summed E-state index contributed by atoms with van der Waals surface area (Å²) < 4.78 is 27.4. The van der Waals surface area contributed by atoms with Crippen LogP contribution in [0, 0.1) is 18.6 Å². The molecule has 0 saturated heterocycles. The normalized spacial score (nSPS) is 10.5. The fraction of sp³-hybridized carbons (Fsp3) is 0.100. The molecular formula is C10H8F2N4O. The average molecular weight is 238 g/mol. The summed E-state index contributed by atoms with van der Waals surface area (Å²) in [6.07, 6.45) is 1.05. The van der Waals surface area contributed by atoms with E-state index in [1.807, 2.05) is 0 Å². The molecule has 0 fully saturated rings. The smallest absolute Gasteiger partial charge is 0.356 e. The van der Waals surface area contributed by atoms with Gasteiger partial charge in [0.2, 0.25) is 5.95 Å². The molecule has 0 unspecified atom stereocenters. The second kappa shape index (κ2) is 3.93. The van der Waals surface area contributed by atoms with Crippen LogP contribution in [0.15, 0.2) is 23.3 Å². The van der Waals surface area contributed by atoms with Crippen molar-refractivity contribution in [3.8, 4) is 5.69 Å². The third-order valence-electron chi connectivity index (χ3n) is 2.18. The Labute approximate surface area is 94.6 Å². The summed E-state index contributed by atoms with van der Waals surface area (Å²) in [5.41, 5.74) is 4.62. The molecule has 2 aromatic rings. The highest BCUT2D eigenvalue weighted by molar-refractivity contribution is 5.41. The molecule has 1 heterocycles. The zero-order chi connectivity index (χ0) is 12.6. The molecular weight excluding hydrogens is 230 g/mol. The summed E-state index contributed by atoms with van der Waals surface area (Å²) in [6.45, 7) is 1.48. The van der Waals surface area contributed by atoms with Gasteiger partial charge in [-0.1, -0.05) is 0 Å². The van der Waals surface area contributed by atoms with Crippen LogP contribution < -0.4 is 11.4 Å². The lowest BCUT2D eigenvalue weighted by atomic mass is 10.2. The van der Waals surface area contributed by atoms with Crippen molar-refractivity contribution in [2.24, 2.45) is 0 Å². The molecule has 1 aromatic carbocycles. The highest BCUT2D eigenvalue weighted by atomic mass is 19.1. The molecule has 2 rings (SSSR count). The first-order valence-electron chi connectivity index (χ1n) is 4.66. The summed E-state index contributed by atoms with van der Waals surface area (Å²) in [4.78, 5) is 18.5. The molecule has 17 heavy (non-hydrogen) atoms. The molecule has 0 amide bonds. The van der Waals surface area contributed by atoms with Gasteiger partial charge >= 0.3 is 5.69 Å². The molecule has 0 aliphatic rings. The Morgan fingerprint density at radius 2 is 2.06 bits per heavy atom. The van der Waals surface area contributed by atoms with Crippen LogP contribution in [0.25, 0.3) is 5.69 Å². The van der Waals surface area contributed by atoms with Crippen molar-refractivity contribution in [3.63, 3.8) is 0 Å². The van der Waals surface area contributed by atoms with Crippen molar-refractivity contribution < 1.29 is 8.78 Å². The molecule has 0 aliphatic carbocycles. The topological polar surface area (TPSA) is 73.8 Å². The minimum absolute atomic E-state index is 0.0867. The molecule has 1 aromatic heterocycles. The van der Waals surface area contributed by atoms with Crippen LogP contribution in [-0.2, 0) is 0 Å². The monoisotopic (exact) mass is 238 g/mol. The Morgan fingerprint density at radius 1 is 1.35 bits per heavy atom. The minimum atomic E-state index is -0.863. The maximum Gasteiger partial charge on any atom is 0.356 e. The van der Waals surface area contributed by atoms with Crippen molar-refractivity contribution in [1.82, 2.24) is 14.5 Å². The Balaban J connectivity index is 2.73. The number of nitrogens with zero attached hydrogens (tertiary/aromatic N) is 3. The van der Waals surface area contributed by atoms with Gasteiger partial charge in [-0.3, -0.25) is 0 Å². The number of aromatic nitrogens is 3. The van der Waals surface area contributed by atoms with Gasteiger partial charge in [0, 0.05) is 6.07 Å². The van der Waals surface area contributed by atoms with Gasteiger partial charge in [-0.05, 0) is 18.6 Å². The lowest BCUT2D eigenvalue weighted by Crippen LogP contribution is -2.24. The molecule has 2 N–H and O–H groups in total. The zero-order valence-electron chi connectivity index (χ0n) is 8.82. The summed E-state index contributed by atoms with van der Waals surface area (Å²) in [7, 11) is 0. The van der Waals surface area contributed by atoms with Crippen LogP contribution >= 0.6 is 0 Å². The van der Waals surface area contributed by atoms with Gasteiger partial charge in [0.15, 0.2) is 5.82 Å². The molecule has 0 spiro atoms. The van der Waals surface area contributed by atoms with Crippen LogP contribution in [0.1, 0.15) is 5.56 Å². The van der Waals surface area contributed by atoms with Gasteiger partial charge in [-0.15, -0.1) is 0 Å². The number of nitrogen functional groups attached to an aromatic ring is 1. The summed E-state index contributed by atoms with van der Waals surface area (Å²) in [5.74, 6) is -1.78. The van der Waals surface area contributed by atoms with E-state index in [1.165, 1.54) is 6.92 Å². The summed E-state index contributed by atoms with van der Waals surface area (Å²) in [6, 6.07) is 1.80. The van der Waals surface area contributed by atoms with Crippen LogP contribution in [-0.4, -0.2) is 14.5 Å². The van der Waals surface area contributed by atoms with Crippen molar-refractivity contribution >= 4 is 5.95 Å². The van der Waals surface area contributed by atoms with Gasteiger partial charge in [0.1, 0.15) is 12.1 Å². The third-order valence-corrected chi connectivity index (χ3v) is 2.18. The molecule has 0 saturated carbocycles. The SMILES string of the molecule is Cc1cc(F)cc(F)c1-n1cnc(N)nc1=O. The Kier molecular flexibility index (Phi) is 2.58. The minimum Gasteiger partial charge on any atom is -0.368 e. The van der Waals surface area contributed by atoms with Crippen molar-refractivity contribution in [2.75, 3.05) is 5.73 Å². The van der Waals surface area contributed by atoms with Crippen LogP contribution in [0.5, 0.6) is 0 Å². The quantitative estimate of drug-likeness (QED) is 0.797. The summed E-state index contributed by atoms with van der Waals surface area (Å²) in [5, 5.41) is 0. The van der Waals surface area contributed by atoms with Crippen LogP contribution in [0.4, 0.5) is 14.7 Å². The lowest BCUT2D eigenvalue weighted by molar-refractivity contribution is 0.572. The fourth-order valence-corrected chi connectivity index (χ4v) is 1.50. The number of halogens is 2. The standard InChI is InChI=1S/C10H8F2N4O/c1-5-2-6(11)3-7(12)8(5)16-4-14-9(13)15-10(16)17/h2-4H,1H3,(H2,13,15,17).